The van der Waals surface area contributed by atoms with E-state index in [9.17, 15) is 5.11 Å². The number of aliphatic hydroxyl groups is 1. The summed E-state index contributed by atoms with van der Waals surface area (Å²) in [5.41, 5.74) is 0. The van der Waals surface area contributed by atoms with Crippen molar-refractivity contribution in [3.63, 3.8) is 0 Å². The first kappa shape index (κ1) is 11.0. The van der Waals surface area contributed by atoms with Crippen LogP contribution >= 0.6 is 0 Å². The van der Waals surface area contributed by atoms with E-state index in [1.165, 1.54) is 6.42 Å². The summed E-state index contributed by atoms with van der Waals surface area (Å²) in [5, 5.41) is 9.45. The summed E-state index contributed by atoms with van der Waals surface area (Å²) >= 11 is 0. The zero-order valence-electron chi connectivity index (χ0n) is 9.20. The van der Waals surface area contributed by atoms with Crippen LogP contribution in [0.2, 0.25) is 0 Å². The highest BCUT2D eigenvalue weighted by atomic mass is 16.3. The van der Waals surface area contributed by atoms with Gasteiger partial charge in [0.15, 0.2) is 0 Å². The Morgan fingerprint density at radius 3 is 2.38 bits per heavy atom. The maximum atomic E-state index is 9.45. The van der Waals surface area contributed by atoms with Crippen LogP contribution in [0.4, 0.5) is 0 Å². The Labute approximate surface area is 81.3 Å². The summed E-state index contributed by atoms with van der Waals surface area (Å²) in [6, 6.07) is 0.964. The van der Waals surface area contributed by atoms with Crippen LogP contribution in [0.25, 0.3) is 0 Å². The predicted molar refractivity (Wildman–Crippen MR) is 54.8 cm³/mol. The zero-order chi connectivity index (χ0) is 10.0. The van der Waals surface area contributed by atoms with Gasteiger partial charge >= 0.3 is 0 Å². The van der Waals surface area contributed by atoms with Crippen LogP contribution in [-0.2, 0) is 0 Å². The summed E-state index contributed by atoms with van der Waals surface area (Å²) < 4.78 is 0. The van der Waals surface area contributed by atoms with Gasteiger partial charge in [-0.05, 0) is 34.4 Å². The molecular weight excluding hydrogens is 164 g/mol. The highest BCUT2D eigenvalue weighted by Crippen LogP contribution is 2.17. The van der Waals surface area contributed by atoms with Crippen LogP contribution in [0.3, 0.4) is 0 Å². The number of aliphatic hydroxyl groups excluding tert-OH is 1. The average Bonchev–Trinajstić information content (AvgIpc) is 2.50. The van der Waals surface area contributed by atoms with Crippen molar-refractivity contribution in [3.8, 4) is 0 Å². The lowest BCUT2D eigenvalue weighted by Gasteiger charge is -2.27. The van der Waals surface area contributed by atoms with E-state index in [1.54, 1.807) is 0 Å². The van der Waals surface area contributed by atoms with Gasteiger partial charge < -0.3 is 10.0 Å². The molecular formula is C10H22N2O. The summed E-state index contributed by atoms with van der Waals surface area (Å²) in [6.07, 6.45) is 1.00. The van der Waals surface area contributed by atoms with Crippen molar-refractivity contribution in [2.75, 3.05) is 27.2 Å². The minimum absolute atomic E-state index is 0.221. The molecule has 3 unspecified atom stereocenters. The molecule has 1 heterocycles. The van der Waals surface area contributed by atoms with Crippen LogP contribution in [0.5, 0.6) is 0 Å². The molecule has 0 aliphatic carbocycles. The molecule has 13 heavy (non-hydrogen) atoms. The van der Waals surface area contributed by atoms with E-state index in [0.717, 1.165) is 13.1 Å². The number of nitrogens with zero attached hydrogens (tertiary/aromatic N) is 2. The van der Waals surface area contributed by atoms with Gasteiger partial charge in [0.05, 0.1) is 6.10 Å². The second kappa shape index (κ2) is 4.40. The molecule has 3 atom stereocenters. The highest BCUT2D eigenvalue weighted by molar-refractivity contribution is 4.85. The number of rotatable bonds is 3. The van der Waals surface area contributed by atoms with Gasteiger partial charge in [-0.25, -0.2) is 0 Å². The van der Waals surface area contributed by atoms with Crippen LogP contribution in [-0.4, -0.2) is 60.3 Å². The molecule has 0 aromatic carbocycles. The van der Waals surface area contributed by atoms with Gasteiger partial charge in [-0.2, -0.15) is 0 Å². The number of likely N-dealkylation sites (N-methyl/N-ethyl adjacent to an activating group) is 1. The lowest BCUT2D eigenvalue weighted by atomic mass is 10.2. The van der Waals surface area contributed by atoms with Gasteiger partial charge in [0.1, 0.15) is 0 Å². The van der Waals surface area contributed by atoms with E-state index in [-0.39, 0.29) is 6.10 Å². The molecule has 0 spiro atoms. The lowest BCUT2D eigenvalue weighted by Crippen LogP contribution is -2.40. The zero-order valence-corrected chi connectivity index (χ0v) is 9.20. The van der Waals surface area contributed by atoms with Gasteiger partial charge in [0, 0.05) is 25.2 Å². The maximum absolute atomic E-state index is 9.45. The molecule has 1 aliphatic rings. The van der Waals surface area contributed by atoms with Crippen LogP contribution < -0.4 is 0 Å². The summed E-state index contributed by atoms with van der Waals surface area (Å²) in [6.45, 7) is 6.18. The summed E-state index contributed by atoms with van der Waals surface area (Å²) in [7, 11) is 4.25. The third kappa shape index (κ3) is 2.66. The Balaban J connectivity index is 2.40. The molecule has 3 nitrogen and oxygen atoms in total. The molecule has 1 fully saturated rings. The first-order chi connectivity index (χ1) is 6.02. The third-order valence-corrected chi connectivity index (χ3v) is 3.20. The first-order valence-corrected chi connectivity index (χ1v) is 5.11. The maximum Gasteiger partial charge on any atom is 0.0664 e. The molecule has 1 N–H and O–H groups in total. The fourth-order valence-corrected chi connectivity index (χ4v) is 1.86. The van der Waals surface area contributed by atoms with E-state index in [1.807, 2.05) is 6.92 Å². The van der Waals surface area contributed by atoms with Crippen molar-refractivity contribution in [1.29, 1.82) is 0 Å². The van der Waals surface area contributed by atoms with Crippen LogP contribution in [0, 0.1) is 0 Å². The largest absolute Gasteiger partial charge is 0.392 e. The molecule has 0 aromatic heterocycles. The molecule has 0 saturated carbocycles. The molecule has 0 amide bonds. The normalized spacial score (nSPS) is 29.5. The monoisotopic (exact) mass is 186 g/mol. The Kier molecular flexibility index (Phi) is 3.71. The third-order valence-electron chi connectivity index (χ3n) is 3.20. The minimum atomic E-state index is -0.221. The molecule has 0 bridgehead atoms. The molecule has 1 rings (SSSR count). The topological polar surface area (TPSA) is 26.7 Å². The number of likely N-dealkylation sites (tertiary alicyclic amines) is 1. The van der Waals surface area contributed by atoms with E-state index >= 15 is 0 Å². The predicted octanol–water partition coefficient (Wildman–Crippen LogP) is 0.392. The Bertz CT molecular complexity index is 159. The fraction of sp³-hybridized carbons (Fsp3) is 1.00. The van der Waals surface area contributed by atoms with Crippen molar-refractivity contribution < 1.29 is 5.11 Å². The van der Waals surface area contributed by atoms with Crippen molar-refractivity contribution in [2.45, 2.75) is 38.5 Å². The standard InChI is InChI=1S/C10H22N2O/c1-8(9(2)13)12-6-5-10(7-12)11(3)4/h8-10,13H,5-7H2,1-4H3. The minimum Gasteiger partial charge on any atom is -0.392 e. The molecule has 78 valence electrons. The molecule has 1 aliphatic heterocycles. The second-order valence-corrected chi connectivity index (χ2v) is 4.38. The van der Waals surface area contributed by atoms with E-state index in [4.69, 9.17) is 0 Å². The molecule has 1 saturated heterocycles. The quantitative estimate of drug-likeness (QED) is 0.691. The average molecular weight is 186 g/mol. The fourth-order valence-electron chi connectivity index (χ4n) is 1.86. The summed E-state index contributed by atoms with van der Waals surface area (Å²) in [4.78, 5) is 4.64. The SMILES string of the molecule is CC(O)C(C)N1CCC(N(C)C)C1. The van der Waals surface area contributed by atoms with Gasteiger partial charge in [-0.15, -0.1) is 0 Å². The van der Waals surface area contributed by atoms with Gasteiger partial charge in [-0.3, -0.25) is 4.90 Å². The Hall–Kier alpha value is -0.120. The number of hydrogen-bond acceptors (Lipinski definition) is 3. The smallest absolute Gasteiger partial charge is 0.0664 e. The van der Waals surface area contributed by atoms with E-state index < -0.39 is 0 Å². The van der Waals surface area contributed by atoms with E-state index in [0.29, 0.717) is 12.1 Å². The van der Waals surface area contributed by atoms with Crippen LogP contribution in [0.15, 0.2) is 0 Å². The van der Waals surface area contributed by atoms with E-state index in [2.05, 4.69) is 30.8 Å². The van der Waals surface area contributed by atoms with Crippen molar-refractivity contribution in [3.05, 3.63) is 0 Å². The highest BCUT2D eigenvalue weighted by Gasteiger charge is 2.28. The lowest BCUT2D eigenvalue weighted by molar-refractivity contribution is 0.0816. The second-order valence-electron chi connectivity index (χ2n) is 4.38. The van der Waals surface area contributed by atoms with Crippen molar-refractivity contribution in [1.82, 2.24) is 9.80 Å². The van der Waals surface area contributed by atoms with Gasteiger partial charge in [-0.1, -0.05) is 0 Å². The van der Waals surface area contributed by atoms with Crippen molar-refractivity contribution in [2.24, 2.45) is 0 Å². The van der Waals surface area contributed by atoms with Gasteiger partial charge in [0.2, 0.25) is 0 Å². The first-order valence-electron chi connectivity index (χ1n) is 5.11. The Morgan fingerprint density at radius 2 is 2.00 bits per heavy atom. The van der Waals surface area contributed by atoms with Gasteiger partial charge in [0.25, 0.3) is 0 Å². The molecule has 0 radical (unpaired) electrons. The van der Waals surface area contributed by atoms with Crippen molar-refractivity contribution >= 4 is 0 Å². The molecule has 0 aromatic rings. The van der Waals surface area contributed by atoms with Crippen LogP contribution in [0.1, 0.15) is 20.3 Å². The molecule has 3 heteroatoms. The summed E-state index contributed by atoms with van der Waals surface area (Å²) in [5.74, 6) is 0. The Morgan fingerprint density at radius 1 is 1.38 bits per heavy atom. The number of hydrogen-bond donors (Lipinski definition) is 1.